The molecule has 148 valence electrons. The average Bonchev–Trinajstić information content (AvgIpc) is 2.68. The highest BCUT2D eigenvalue weighted by molar-refractivity contribution is 6.20. The van der Waals surface area contributed by atoms with Gasteiger partial charge in [-0.2, -0.15) is 0 Å². The molecular weight excluding hydrogens is 374 g/mol. The van der Waals surface area contributed by atoms with Crippen LogP contribution >= 0.6 is 11.6 Å². The molecule has 1 amide bonds. The number of anilines is 1. The minimum atomic E-state index is -0.115. The molecule has 6 nitrogen and oxygen atoms in total. The zero-order chi connectivity index (χ0) is 19.7. The van der Waals surface area contributed by atoms with Gasteiger partial charge in [-0.25, -0.2) is 9.97 Å². The van der Waals surface area contributed by atoms with Crippen LogP contribution in [0.5, 0.6) is 0 Å². The van der Waals surface area contributed by atoms with Crippen molar-refractivity contribution in [2.24, 2.45) is 11.8 Å². The Balaban J connectivity index is 1.48. The molecule has 1 saturated heterocycles. The molecule has 2 aromatic heterocycles. The van der Waals surface area contributed by atoms with Gasteiger partial charge in [0.2, 0.25) is 11.9 Å². The van der Waals surface area contributed by atoms with Crippen LogP contribution in [0.2, 0.25) is 0 Å². The molecule has 3 heterocycles. The summed E-state index contributed by atoms with van der Waals surface area (Å²) in [7, 11) is 0. The van der Waals surface area contributed by atoms with Crippen molar-refractivity contribution < 1.29 is 4.79 Å². The third kappa shape index (κ3) is 3.97. The summed E-state index contributed by atoms with van der Waals surface area (Å²) in [6, 6.07) is 5.98. The quantitative estimate of drug-likeness (QED) is 0.768. The van der Waals surface area contributed by atoms with E-state index in [2.05, 4.69) is 25.6 Å². The Morgan fingerprint density at radius 1 is 1.21 bits per heavy atom. The van der Waals surface area contributed by atoms with E-state index in [1.807, 2.05) is 32.0 Å². The number of halogens is 1. The average molecular weight is 400 g/mol. The summed E-state index contributed by atoms with van der Waals surface area (Å²) in [4.78, 5) is 26.0. The second-order valence-electron chi connectivity index (χ2n) is 7.96. The zero-order valence-corrected chi connectivity index (χ0v) is 17.0. The van der Waals surface area contributed by atoms with Crippen LogP contribution in [0.1, 0.15) is 38.3 Å². The minimum absolute atomic E-state index is 0.0677. The fourth-order valence-electron chi connectivity index (χ4n) is 4.45. The van der Waals surface area contributed by atoms with Crippen molar-refractivity contribution in [3.63, 3.8) is 0 Å². The maximum absolute atomic E-state index is 12.7. The summed E-state index contributed by atoms with van der Waals surface area (Å²) >= 11 is 6.36. The highest BCUT2D eigenvalue weighted by atomic mass is 35.5. The monoisotopic (exact) mass is 399 g/mol. The van der Waals surface area contributed by atoms with E-state index < -0.39 is 0 Å². The SMILES string of the molecule is Cc1ncccc1-c1ccnc(N[C@@H](C)C2CC3CC(Cl)CCC3NC2=O)n1. The van der Waals surface area contributed by atoms with Crippen molar-refractivity contribution in [1.29, 1.82) is 0 Å². The fraction of sp³-hybridized carbons (Fsp3) is 0.524. The summed E-state index contributed by atoms with van der Waals surface area (Å²) in [5.41, 5.74) is 2.72. The van der Waals surface area contributed by atoms with Gasteiger partial charge >= 0.3 is 0 Å². The van der Waals surface area contributed by atoms with Gasteiger partial charge in [0.25, 0.3) is 0 Å². The smallest absolute Gasteiger partial charge is 0.225 e. The number of aromatic nitrogens is 3. The Morgan fingerprint density at radius 2 is 2.07 bits per heavy atom. The molecule has 7 heteroatoms. The van der Waals surface area contributed by atoms with Gasteiger partial charge in [0.05, 0.1) is 11.6 Å². The van der Waals surface area contributed by atoms with Crippen LogP contribution in [-0.2, 0) is 4.79 Å². The van der Waals surface area contributed by atoms with Gasteiger partial charge in [0.1, 0.15) is 0 Å². The summed E-state index contributed by atoms with van der Waals surface area (Å²) < 4.78 is 0. The zero-order valence-electron chi connectivity index (χ0n) is 16.2. The molecule has 28 heavy (non-hydrogen) atoms. The molecule has 4 unspecified atom stereocenters. The van der Waals surface area contributed by atoms with Gasteiger partial charge in [-0.1, -0.05) is 0 Å². The van der Waals surface area contributed by atoms with Gasteiger partial charge in [-0.3, -0.25) is 9.78 Å². The molecule has 2 aromatic rings. The van der Waals surface area contributed by atoms with E-state index >= 15 is 0 Å². The second kappa shape index (κ2) is 8.03. The number of rotatable bonds is 4. The van der Waals surface area contributed by atoms with E-state index in [-0.39, 0.29) is 29.3 Å². The molecule has 5 atom stereocenters. The second-order valence-corrected chi connectivity index (χ2v) is 8.58. The van der Waals surface area contributed by atoms with E-state index in [1.165, 1.54) is 0 Å². The predicted molar refractivity (Wildman–Crippen MR) is 110 cm³/mol. The molecule has 0 spiro atoms. The molecule has 1 aliphatic carbocycles. The molecule has 1 saturated carbocycles. The van der Waals surface area contributed by atoms with Gasteiger partial charge in [-0.15, -0.1) is 11.6 Å². The maximum Gasteiger partial charge on any atom is 0.225 e. The van der Waals surface area contributed by atoms with Gasteiger partial charge in [-0.05, 0) is 63.6 Å². The molecule has 4 rings (SSSR count). The third-order valence-electron chi connectivity index (χ3n) is 6.04. The van der Waals surface area contributed by atoms with Crippen LogP contribution in [-0.4, -0.2) is 38.3 Å². The summed E-state index contributed by atoms with van der Waals surface area (Å²) in [6.45, 7) is 3.99. The number of fused-ring (bicyclic) bond motifs is 1. The number of pyridine rings is 1. The number of carbonyl (C=O) groups excluding carboxylic acids is 1. The van der Waals surface area contributed by atoms with Crippen LogP contribution < -0.4 is 10.6 Å². The number of amides is 1. The lowest BCUT2D eigenvalue weighted by Crippen LogP contribution is -2.55. The van der Waals surface area contributed by atoms with Crippen molar-refractivity contribution in [3.8, 4) is 11.3 Å². The Labute approximate surface area is 170 Å². The molecule has 0 aromatic carbocycles. The van der Waals surface area contributed by atoms with Crippen LogP contribution in [0.3, 0.4) is 0 Å². The van der Waals surface area contributed by atoms with E-state index in [4.69, 9.17) is 11.6 Å². The first-order valence-electron chi connectivity index (χ1n) is 9.97. The lowest BCUT2D eigenvalue weighted by molar-refractivity contribution is -0.130. The first kappa shape index (κ1) is 19.1. The van der Waals surface area contributed by atoms with Gasteiger partial charge in [0.15, 0.2) is 0 Å². The number of aryl methyl sites for hydroxylation is 1. The molecule has 2 N–H and O–H groups in total. The summed E-state index contributed by atoms with van der Waals surface area (Å²) in [5, 5.41) is 6.78. The molecule has 1 aliphatic heterocycles. The van der Waals surface area contributed by atoms with Crippen molar-refractivity contribution >= 4 is 23.5 Å². The van der Waals surface area contributed by atoms with E-state index in [9.17, 15) is 4.79 Å². The Bertz CT molecular complexity index is 860. The van der Waals surface area contributed by atoms with Crippen molar-refractivity contribution in [3.05, 3.63) is 36.3 Å². The first-order chi connectivity index (χ1) is 13.5. The summed E-state index contributed by atoms with van der Waals surface area (Å²) in [5.74, 6) is 0.986. The topological polar surface area (TPSA) is 79.8 Å². The molecule has 2 fully saturated rings. The molecular formula is C21H26ClN5O. The Hall–Kier alpha value is -2.21. The van der Waals surface area contributed by atoms with Gasteiger partial charge < -0.3 is 10.6 Å². The van der Waals surface area contributed by atoms with E-state index in [0.29, 0.717) is 11.9 Å². The fourth-order valence-corrected chi connectivity index (χ4v) is 4.80. The number of hydrogen-bond donors (Lipinski definition) is 2. The lowest BCUT2D eigenvalue weighted by atomic mass is 9.74. The molecule has 0 bridgehead atoms. The highest BCUT2D eigenvalue weighted by Crippen LogP contribution is 2.36. The van der Waals surface area contributed by atoms with E-state index in [0.717, 1.165) is 42.6 Å². The number of hydrogen-bond acceptors (Lipinski definition) is 5. The van der Waals surface area contributed by atoms with Gasteiger partial charge in [0, 0.05) is 41.1 Å². The highest BCUT2D eigenvalue weighted by Gasteiger charge is 2.41. The maximum atomic E-state index is 12.7. The summed E-state index contributed by atoms with van der Waals surface area (Å²) in [6.07, 6.45) is 7.30. The molecule has 0 radical (unpaired) electrons. The van der Waals surface area contributed by atoms with Crippen LogP contribution in [0.15, 0.2) is 30.6 Å². The number of piperidine rings is 1. The minimum Gasteiger partial charge on any atom is -0.353 e. The lowest BCUT2D eigenvalue weighted by Gasteiger charge is -2.42. The number of nitrogens with one attached hydrogen (secondary N) is 2. The Morgan fingerprint density at radius 3 is 2.89 bits per heavy atom. The number of nitrogens with zero attached hydrogens (tertiary/aromatic N) is 3. The Kier molecular flexibility index (Phi) is 5.49. The van der Waals surface area contributed by atoms with Crippen molar-refractivity contribution in [2.45, 2.75) is 57.0 Å². The third-order valence-corrected chi connectivity index (χ3v) is 6.43. The van der Waals surface area contributed by atoms with E-state index in [1.54, 1.807) is 12.4 Å². The number of carbonyl (C=O) groups is 1. The predicted octanol–water partition coefficient (Wildman–Crippen LogP) is 3.56. The van der Waals surface area contributed by atoms with Crippen molar-refractivity contribution in [2.75, 3.05) is 5.32 Å². The number of alkyl halides is 1. The first-order valence-corrected chi connectivity index (χ1v) is 10.4. The van der Waals surface area contributed by atoms with Crippen LogP contribution in [0, 0.1) is 18.8 Å². The molecule has 2 aliphatic rings. The van der Waals surface area contributed by atoms with Crippen molar-refractivity contribution in [1.82, 2.24) is 20.3 Å². The van der Waals surface area contributed by atoms with Crippen LogP contribution in [0.4, 0.5) is 5.95 Å². The standard InChI is InChI=1S/C21H26ClN5O/c1-12-16(4-3-8-23-12)19-7-9-24-21(27-19)25-13(2)17-11-14-10-15(22)5-6-18(14)26-20(17)28/h3-4,7-9,13-15,17-18H,5-6,10-11H2,1-2H3,(H,26,28)(H,24,25,27)/t13-,14?,15?,17?,18?/m0/s1. The largest absolute Gasteiger partial charge is 0.353 e. The normalized spacial score (nSPS) is 28.2. The van der Waals surface area contributed by atoms with Crippen LogP contribution in [0.25, 0.3) is 11.3 Å².